The van der Waals surface area contributed by atoms with Crippen molar-refractivity contribution in [2.24, 2.45) is 10.2 Å². The second kappa shape index (κ2) is 24.2. The summed E-state index contributed by atoms with van der Waals surface area (Å²) in [7, 11) is -8.77. The van der Waals surface area contributed by atoms with Crippen LogP contribution in [-0.2, 0) is 25.0 Å². The van der Waals surface area contributed by atoms with Crippen molar-refractivity contribution in [2.45, 2.75) is 103 Å². The number of nitriles is 1. The van der Waals surface area contributed by atoms with E-state index in [1.807, 2.05) is 6.07 Å². The number of unbranched alkanes of at least 4 members (excludes halogenated alkanes) is 2. The van der Waals surface area contributed by atoms with Crippen LogP contribution in [0, 0.1) is 11.3 Å². The van der Waals surface area contributed by atoms with Gasteiger partial charge in [-0.15, -0.1) is 63.1 Å². The Bertz CT molecular complexity index is 1810. The van der Waals surface area contributed by atoms with Crippen molar-refractivity contribution in [1.82, 2.24) is 20.0 Å². The molecule has 0 aliphatic heterocycles. The minimum atomic E-state index is -4.39. The van der Waals surface area contributed by atoms with Crippen LogP contribution < -0.4 is 108 Å². The van der Waals surface area contributed by atoms with Crippen LogP contribution in [0.3, 0.4) is 0 Å². The number of amides is 1. The van der Waals surface area contributed by atoms with Crippen molar-refractivity contribution in [3.05, 3.63) is 35.9 Å². The Morgan fingerprint density at radius 1 is 0.909 bits per heavy atom. The molecule has 1 heterocycles. The van der Waals surface area contributed by atoms with Crippen molar-refractivity contribution >= 4 is 90.0 Å². The third kappa shape index (κ3) is 15.4. The number of alkyl halides is 5. The van der Waals surface area contributed by atoms with Gasteiger partial charge in [0.2, 0.25) is 5.91 Å². The summed E-state index contributed by atoms with van der Waals surface area (Å²) in [6.45, 7) is 2.18. The van der Waals surface area contributed by atoms with Crippen LogP contribution in [-0.4, -0.2) is 116 Å². The van der Waals surface area contributed by atoms with Gasteiger partial charge in [0.25, 0.3) is 0 Å². The first kappa shape index (κ1) is 52.6. The number of benzene rings is 1. The maximum Gasteiger partial charge on any atom is 1.00 e. The molecule has 0 spiro atoms. The zero-order chi connectivity index (χ0) is 39.1. The van der Waals surface area contributed by atoms with E-state index in [9.17, 15) is 36.0 Å². The van der Waals surface area contributed by atoms with Crippen molar-refractivity contribution in [3.8, 4) is 17.3 Å². The Hall–Kier alpha value is 1.49. The smallest absolute Gasteiger partial charge is 0.748 e. The molecule has 0 bridgehead atoms. The molecule has 1 aromatic heterocycles. The largest absolute Gasteiger partial charge is 1.00 e. The molecule has 0 saturated heterocycles. The summed E-state index contributed by atoms with van der Waals surface area (Å²) in [6, 6.07) is 9.12. The number of aromatic nitrogens is 2. The number of azo groups is 1. The molecule has 7 atom stereocenters. The third-order valence-corrected chi connectivity index (χ3v) is 14.1. The van der Waals surface area contributed by atoms with Gasteiger partial charge in [0.15, 0.2) is 5.82 Å². The van der Waals surface area contributed by atoms with E-state index >= 15 is 0 Å². The minimum absolute atomic E-state index is 0. The summed E-state index contributed by atoms with van der Waals surface area (Å²) < 4.78 is 68.4. The van der Waals surface area contributed by atoms with Gasteiger partial charge in [-0.3, -0.25) is 4.79 Å². The quantitative estimate of drug-likeness (QED) is 0.0748. The van der Waals surface area contributed by atoms with Crippen LogP contribution in [0.1, 0.15) is 63.5 Å². The molecule has 2 aliphatic rings. The maximum absolute atomic E-state index is 12.4. The summed E-state index contributed by atoms with van der Waals surface area (Å²) in [5.41, 5.74) is 1.05. The second-order valence-electron chi connectivity index (χ2n) is 13.2. The predicted molar refractivity (Wildman–Crippen MR) is 202 cm³/mol. The Morgan fingerprint density at radius 2 is 1.44 bits per heavy atom. The number of halogens is 5. The van der Waals surface area contributed by atoms with Crippen LogP contribution in [0.4, 0.5) is 5.82 Å². The number of carbonyl (C=O) groups excluding carboxylic acids is 1. The first-order valence-corrected chi connectivity index (χ1v) is 22.3. The number of nitrogens with zero attached hydrogens (tertiary/aromatic N) is 6. The maximum atomic E-state index is 12.4. The Morgan fingerprint density at radius 3 is 1.93 bits per heavy atom. The standard InChI is InChI=1S/C32H42Cl5N7O7S2.2K/c1-19(45)39-24-17-21(43(13-5-7-15-52(46,47)48)14-6-8-16-53(49,50)51)11-12-23(24)40-41-32-22(18-38)30(20-9-3-2-4-10-20)42-44(32)31-28(36)26(34)25(33)27(35)29(31)37;;/h2-4,9-10,21,23-29,31H,5-8,11-17H2,1H3,(H,39,45)(H,46,47,48)(H,49,50,51);;/q;2*+1/p-2. The van der Waals surface area contributed by atoms with E-state index in [0.29, 0.717) is 56.5 Å². The molecule has 23 heteroatoms. The zero-order valence-electron chi connectivity index (χ0n) is 30.6. The molecule has 1 N–H and O–H groups in total. The van der Waals surface area contributed by atoms with E-state index in [1.165, 1.54) is 11.6 Å². The Balaban J connectivity index is 0.00000523. The fourth-order valence-corrected chi connectivity index (χ4v) is 9.97. The number of hydrogen-bond acceptors (Lipinski definition) is 12. The van der Waals surface area contributed by atoms with Crippen molar-refractivity contribution in [3.63, 3.8) is 0 Å². The number of hydrogen-bond donors (Lipinski definition) is 1. The number of rotatable bonds is 16. The predicted octanol–water partition coefficient (Wildman–Crippen LogP) is -0.516. The van der Waals surface area contributed by atoms with Gasteiger partial charge >= 0.3 is 103 Å². The van der Waals surface area contributed by atoms with Gasteiger partial charge in [-0.2, -0.15) is 15.5 Å². The third-order valence-electron chi connectivity index (χ3n) is 9.37. The molecule has 14 nitrogen and oxygen atoms in total. The first-order valence-electron chi connectivity index (χ1n) is 17.0. The van der Waals surface area contributed by atoms with Gasteiger partial charge in [-0.25, -0.2) is 21.5 Å². The number of nitrogens with one attached hydrogen (secondary N) is 1. The number of carbonyl (C=O) groups is 1. The Labute approximate surface area is 432 Å². The molecule has 294 valence electrons. The van der Waals surface area contributed by atoms with Crippen LogP contribution >= 0.6 is 58.0 Å². The SMILES string of the molecule is CC(=O)NC1CC(N(CCCCS(=O)(=O)[O-])CCCCS(=O)(=O)[O-])CCC1N=Nc1c(C#N)c(-c2ccccc2)nn1C1C(Cl)C(Cl)C(Cl)C(Cl)C1Cl.[K+].[K+]. The van der Waals surface area contributed by atoms with Crippen molar-refractivity contribution in [1.29, 1.82) is 5.26 Å². The molecule has 55 heavy (non-hydrogen) atoms. The molecule has 7 unspecified atom stereocenters. The van der Waals surface area contributed by atoms with Crippen LogP contribution in [0.5, 0.6) is 0 Å². The monoisotopic (exact) mass is 951 g/mol. The van der Waals surface area contributed by atoms with Gasteiger partial charge in [0.05, 0.1) is 65.2 Å². The summed E-state index contributed by atoms with van der Waals surface area (Å²) in [5, 5.41) is 23.3. The summed E-state index contributed by atoms with van der Waals surface area (Å²) >= 11 is 33.3. The van der Waals surface area contributed by atoms with Gasteiger partial charge in [0, 0.05) is 30.0 Å². The molecule has 2 aromatic rings. The molecule has 2 fully saturated rings. The molecule has 1 aromatic carbocycles. The molecule has 2 saturated carbocycles. The van der Waals surface area contributed by atoms with E-state index in [0.717, 1.165) is 0 Å². The molecule has 1 amide bonds. The van der Waals surface area contributed by atoms with Crippen LogP contribution in [0.2, 0.25) is 0 Å². The molecule has 0 radical (unpaired) electrons. The molecular weight excluding hydrogens is 914 g/mol. The Kier molecular flexibility index (Phi) is 23.2. The van der Waals surface area contributed by atoms with Crippen LogP contribution in [0.15, 0.2) is 40.6 Å². The summed E-state index contributed by atoms with van der Waals surface area (Å²) in [5.74, 6) is -1.26. The van der Waals surface area contributed by atoms with E-state index < -0.39 is 76.8 Å². The molecular formula is C32H40Cl5K2N7O7S2. The van der Waals surface area contributed by atoms with Gasteiger partial charge in [0.1, 0.15) is 17.3 Å². The zero-order valence-corrected chi connectivity index (χ0v) is 42.3. The van der Waals surface area contributed by atoms with E-state index in [2.05, 4.69) is 26.5 Å². The van der Waals surface area contributed by atoms with Crippen molar-refractivity contribution < 1.29 is 134 Å². The average Bonchev–Trinajstić information content (AvgIpc) is 3.45. The van der Waals surface area contributed by atoms with E-state index in [4.69, 9.17) is 63.1 Å². The van der Waals surface area contributed by atoms with Gasteiger partial charge < -0.3 is 19.3 Å². The average molecular weight is 954 g/mol. The van der Waals surface area contributed by atoms with Crippen LogP contribution in [0.25, 0.3) is 11.3 Å². The van der Waals surface area contributed by atoms with Crippen molar-refractivity contribution in [2.75, 3.05) is 24.6 Å². The fraction of sp³-hybridized carbons (Fsp3) is 0.656. The first-order chi connectivity index (χ1) is 24.9. The summed E-state index contributed by atoms with van der Waals surface area (Å²) in [6.07, 6.45) is 2.45. The summed E-state index contributed by atoms with van der Waals surface area (Å²) in [4.78, 5) is 14.5. The molecule has 4 rings (SSSR count). The van der Waals surface area contributed by atoms with Gasteiger partial charge in [-0.05, 0) is 58.0 Å². The molecule has 2 aliphatic carbocycles. The van der Waals surface area contributed by atoms with E-state index in [1.54, 1.807) is 24.3 Å². The van der Waals surface area contributed by atoms with E-state index in [-0.39, 0.29) is 139 Å². The fourth-order valence-electron chi connectivity index (χ4n) is 6.79. The second-order valence-corrected chi connectivity index (χ2v) is 18.8. The topological polar surface area (TPSA) is 213 Å². The normalized spacial score (nSPS) is 27.2. The minimum Gasteiger partial charge on any atom is -0.748 e. The van der Waals surface area contributed by atoms with Gasteiger partial charge in [-0.1, -0.05) is 30.3 Å².